The molecule has 128 valence electrons. The minimum absolute atomic E-state index is 0. The van der Waals surface area contributed by atoms with E-state index in [-0.39, 0.29) is 31.2 Å². The molecule has 2 aliphatic heterocycles. The molecule has 1 saturated carbocycles. The van der Waals surface area contributed by atoms with E-state index in [1.807, 2.05) is 4.90 Å². The Morgan fingerprint density at radius 1 is 1.09 bits per heavy atom. The molecule has 4 atom stereocenters. The molecule has 3 rings (SSSR count). The van der Waals surface area contributed by atoms with Crippen molar-refractivity contribution in [3.63, 3.8) is 0 Å². The molecule has 4 unspecified atom stereocenters. The number of alkyl halides is 3. The van der Waals surface area contributed by atoms with Gasteiger partial charge >= 0.3 is 6.18 Å². The molecular formula is C15H24ClF3N2O. The average molecular weight is 341 g/mol. The molecule has 3 fully saturated rings. The average Bonchev–Trinajstić information content (AvgIpc) is 2.93. The second-order valence-corrected chi connectivity index (χ2v) is 6.85. The van der Waals surface area contributed by atoms with Crippen LogP contribution in [0.1, 0.15) is 32.1 Å². The van der Waals surface area contributed by atoms with Gasteiger partial charge < -0.3 is 10.2 Å². The maximum absolute atomic E-state index is 12.9. The molecule has 2 heterocycles. The zero-order chi connectivity index (χ0) is 15.0. The normalized spacial score (nSPS) is 35.7. The number of halogens is 4. The topological polar surface area (TPSA) is 32.3 Å². The van der Waals surface area contributed by atoms with Gasteiger partial charge in [0.25, 0.3) is 0 Å². The molecule has 7 heteroatoms. The van der Waals surface area contributed by atoms with E-state index in [1.165, 1.54) is 0 Å². The first kappa shape index (κ1) is 17.9. The summed E-state index contributed by atoms with van der Waals surface area (Å²) >= 11 is 0. The number of rotatable bonds is 1. The van der Waals surface area contributed by atoms with Crippen LogP contribution in [0, 0.1) is 23.7 Å². The Morgan fingerprint density at radius 2 is 1.82 bits per heavy atom. The van der Waals surface area contributed by atoms with Crippen LogP contribution in [0.15, 0.2) is 0 Å². The van der Waals surface area contributed by atoms with Crippen molar-refractivity contribution in [2.75, 3.05) is 26.2 Å². The highest BCUT2D eigenvalue weighted by atomic mass is 35.5. The Kier molecular flexibility index (Phi) is 5.64. The Morgan fingerprint density at radius 3 is 2.55 bits per heavy atom. The molecule has 1 aliphatic carbocycles. The highest BCUT2D eigenvalue weighted by Crippen LogP contribution is 2.41. The van der Waals surface area contributed by atoms with Crippen LogP contribution in [0.2, 0.25) is 0 Å². The maximum atomic E-state index is 12.9. The fourth-order valence-electron chi connectivity index (χ4n) is 4.20. The number of nitrogens with one attached hydrogen (secondary N) is 1. The third-order valence-electron chi connectivity index (χ3n) is 5.50. The molecule has 2 saturated heterocycles. The van der Waals surface area contributed by atoms with Crippen molar-refractivity contribution in [3.8, 4) is 0 Å². The molecule has 0 aromatic carbocycles. The van der Waals surface area contributed by atoms with Gasteiger partial charge in [-0.25, -0.2) is 0 Å². The van der Waals surface area contributed by atoms with Gasteiger partial charge in [-0.1, -0.05) is 6.42 Å². The molecule has 0 aromatic rings. The summed E-state index contributed by atoms with van der Waals surface area (Å²) in [5, 5.41) is 3.34. The molecule has 22 heavy (non-hydrogen) atoms. The predicted molar refractivity (Wildman–Crippen MR) is 79.8 cm³/mol. The Balaban J connectivity index is 0.00000176. The van der Waals surface area contributed by atoms with Crippen molar-refractivity contribution in [1.29, 1.82) is 0 Å². The number of amides is 1. The van der Waals surface area contributed by atoms with Crippen molar-refractivity contribution in [2.45, 2.75) is 38.3 Å². The molecule has 1 amide bonds. The monoisotopic (exact) mass is 340 g/mol. The molecule has 1 N–H and O–H groups in total. The molecule has 3 nitrogen and oxygen atoms in total. The second kappa shape index (κ2) is 6.95. The van der Waals surface area contributed by atoms with E-state index in [2.05, 4.69) is 5.32 Å². The van der Waals surface area contributed by atoms with Crippen molar-refractivity contribution in [3.05, 3.63) is 0 Å². The summed E-state index contributed by atoms with van der Waals surface area (Å²) < 4.78 is 38.6. The van der Waals surface area contributed by atoms with Crippen molar-refractivity contribution >= 4 is 18.3 Å². The van der Waals surface area contributed by atoms with Crippen LogP contribution in [-0.2, 0) is 4.79 Å². The molecule has 0 bridgehead atoms. The van der Waals surface area contributed by atoms with Crippen LogP contribution in [0.4, 0.5) is 13.2 Å². The van der Waals surface area contributed by atoms with Gasteiger partial charge in [0, 0.05) is 19.0 Å². The number of carbonyl (C=O) groups is 1. The smallest absolute Gasteiger partial charge is 0.342 e. The predicted octanol–water partition coefficient (Wildman–Crippen LogP) is 2.84. The van der Waals surface area contributed by atoms with Crippen LogP contribution in [0.3, 0.4) is 0 Å². The lowest BCUT2D eigenvalue weighted by molar-refractivity contribution is -0.187. The first-order valence-corrected chi connectivity index (χ1v) is 8.01. The molecule has 3 aliphatic rings. The lowest BCUT2D eigenvalue weighted by atomic mass is 9.79. The Bertz CT molecular complexity index is 405. The molecule has 0 aromatic heterocycles. The van der Waals surface area contributed by atoms with Crippen LogP contribution < -0.4 is 5.32 Å². The van der Waals surface area contributed by atoms with Crippen molar-refractivity contribution in [1.82, 2.24) is 10.2 Å². The van der Waals surface area contributed by atoms with E-state index < -0.39 is 18.0 Å². The molecular weight excluding hydrogens is 317 g/mol. The summed E-state index contributed by atoms with van der Waals surface area (Å²) in [6.45, 7) is 3.40. The number of nitrogens with zero attached hydrogens (tertiary/aromatic N) is 1. The number of carbonyl (C=O) groups excluding carboxylic acids is 1. The second-order valence-electron chi connectivity index (χ2n) is 6.85. The van der Waals surface area contributed by atoms with Gasteiger partial charge in [-0.15, -0.1) is 12.4 Å². The van der Waals surface area contributed by atoms with Gasteiger partial charge in [-0.05, 0) is 50.6 Å². The summed E-state index contributed by atoms with van der Waals surface area (Å²) in [6, 6.07) is 0. The number of hydrogen-bond donors (Lipinski definition) is 1. The summed E-state index contributed by atoms with van der Waals surface area (Å²) in [5.74, 6) is -0.607. The molecule has 0 radical (unpaired) electrons. The van der Waals surface area contributed by atoms with Crippen LogP contribution in [0.25, 0.3) is 0 Å². The number of piperidine rings is 1. The van der Waals surface area contributed by atoms with Gasteiger partial charge in [0.05, 0.1) is 5.92 Å². The lowest BCUT2D eigenvalue weighted by Crippen LogP contribution is -2.47. The third kappa shape index (κ3) is 3.70. The van der Waals surface area contributed by atoms with E-state index >= 15 is 0 Å². The Hall–Kier alpha value is -0.490. The van der Waals surface area contributed by atoms with Crippen molar-refractivity contribution in [2.24, 2.45) is 23.7 Å². The summed E-state index contributed by atoms with van der Waals surface area (Å²) in [7, 11) is 0. The van der Waals surface area contributed by atoms with Gasteiger partial charge in [0.15, 0.2) is 0 Å². The van der Waals surface area contributed by atoms with Gasteiger partial charge in [0.1, 0.15) is 0 Å². The fraction of sp³-hybridized carbons (Fsp3) is 0.933. The SMILES string of the molecule is Cl.O=C(C1CCCC(C(F)(F)F)C1)N1CCC2CNCC2C1. The number of fused-ring (bicyclic) bond motifs is 1. The van der Waals surface area contributed by atoms with Crippen molar-refractivity contribution < 1.29 is 18.0 Å². The zero-order valence-corrected chi connectivity index (χ0v) is 13.4. The minimum Gasteiger partial charge on any atom is -0.342 e. The van der Waals surface area contributed by atoms with E-state index in [0.29, 0.717) is 24.7 Å². The van der Waals surface area contributed by atoms with Gasteiger partial charge in [-0.3, -0.25) is 4.79 Å². The third-order valence-corrected chi connectivity index (χ3v) is 5.50. The van der Waals surface area contributed by atoms with E-state index in [1.54, 1.807) is 0 Å². The van der Waals surface area contributed by atoms with E-state index in [0.717, 1.165) is 32.6 Å². The minimum atomic E-state index is -4.15. The Labute approximate surface area is 135 Å². The quantitative estimate of drug-likeness (QED) is 0.796. The molecule has 0 spiro atoms. The first-order chi connectivity index (χ1) is 9.95. The van der Waals surface area contributed by atoms with E-state index in [9.17, 15) is 18.0 Å². The van der Waals surface area contributed by atoms with Gasteiger partial charge in [-0.2, -0.15) is 13.2 Å². The zero-order valence-electron chi connectivity index (χ0n) is 12.6. The maximum Gasteiger partial charge on any atom is 0.391 e. The number of hydrogen-bond acceptors (Lipinski definition) is 2. The van der Waals surface area contributed by atoms with Crippen LogP contribution >= 0.6 is 12.4 Å². The highest BCUT2D eigenvalue weighted by molar-refractivity contribution is 5.85. The van der Waals surface area contributed by atoms with Gasteiger partial charge in [0.2, 0.25) is 5.91 Å². The van der Waals surface area contributed by atoms with Crippen LogP contribution in [-0.4, -0.2) is 43.2 Å². The number of likely N-dealkylation sites (tertiary alicyclic amines) is 1. The summed E-state index contributed by atoms with van der Waals surface area (Å²) in [4.78, 5) is 14.4. The summed E-state index contributed by atoms with van der Waals surface area (Å²) in [6.07, 6.45) is -1.86. The largest absolute Gasteiger partial charge is 0.391 e. The van der Waals surface area contributed by atoms with E-state index in [4.69, 9.17) is 0 Å². The fourth-order valence-corrected chi connectivity index (χ4v) is 4.20. The lowest BCUT2D eigenvalue weighted by Gasteiger charge is -2.38. The van der Waals surface area contributed by atoms with Crippen LogP contribution in [0.5, 0.6) is 0 Å². The summed E-state index contributed by atoms with van der Waals surface area (Å²) in [5.41, 5.74) is 0. The highest BCUT2D eigenvalue weighted by Gasteiger charge is 2.45. The first-order valence-electron chi connectivity index (χ1n) is 8.01. The standard InChI is InChI=1S/C15H23F3N2O.ClH/c16-15(17,18)13-3-1-2-10(6-13)14(21)20-5-4-11-7-19-8-12(11)9-20;/h10-13,19H,1-9H2;1H.